The van der Waals surface area contributed by atoms with Crippen LogP contribution >= 0.6 is 0 Å². The number of aliphatic hydroxyl groups is 1. The monoisotopic (exact) mass is 1130 g/mol. The number of hydrogen-bond acceptors (Lipinski definition) is 18. The number of pyridine rings is 2. The number of carbonyl (C=O) groups excluding carboxylic acids is 6. The van der Waals surface area contributed by atoms with Crippen LogP contribution in [-0.2, 0) is 82.3 Å². The molecule has 81 heavy (non-hydrogen) atoms. The number of ether oxygens (including phenoxy) is 8. The second kappa shape index (κ2) is 30.8. The van der Waals surface area contributed by atoms with E-state index in [1.54, 1.807) is 73.9 Å². The highest BCUT2D eigenvalue weighted by Gasteiger charge is 2.45. The topological polar surface area (TPSA) is 354 Å². The van der Waals surface area contributed by atoms with E-state index in [0.717, 1.165) is 16.5 Å². The van der Waals surface area contributed by atoms with Crippen molar-refractivity contribution in [2.75, 3.05) is 91.6 Å². The predicted molar refractivity (Wildman–Crippen MR) is 293 cm³/mol. The molecule has 2 aliphatic heterocycles. The van der Waals surface area contributed by atoms with Crippen LogP contribution < -0.4 is 37.3 Å². The van der Waals surface area contributed by atoms with E-state index in [-0.39, 0.29) is 94.3 Å². The largest absolute Gasteiger partial charge is 0.474 e. The zero-order valence-corrected chi connectivity index (χ0v) is 46.2. The molecular formula is C55H72N10O16. The highest BCUT2D eigenvalue weighted by molar-refractivity contribution is 5.98. The molecule has 2 aliphatic rings. The maximum Gasteiger partial charge on any atom is 0.351 e. The van der Waals surface area contributed by atoms with E-state index in [1.807, 2.05) is 6.92 Å². The molecule has 4 aromatic rings. The maximum atomic E-state index is 13.9. The molecule has 2 aromatic heterocycles. The van der Waals surface area contributed by atoms with E-state index in [4.69, 9.17) is 54.1 Å². The first kappa shape index (κ1) is 62.5. The van der Waals surface area contributed by atoms with Gasteiger partial charge in [0.05, 0.1) is 102 Å². The number of azide groups is 1. The quantitative estimate of drug-likeness (QED) is 0.0112. The number of nitrogens with zero attached hydrogens (tertiary/aromatic N) is 5. The lowest BCUT2D eigenvalue weighted by molar-refractivity contribution is -0.172. The van der Waals surface area contributed by atoms with Gasteiger partial charge in [0.1, 0.15) is 24.4 Å². The summed E-state index contributed by atoms with van der Waals surface area (Å²) in [4.78, 5) is 99.5. The molecule has 0 fully saturated rings. The van der Waals surface area contributed by atoms with E-state index >= 15 is 0 Å². The number of cyclic esters (lactones) is 1. The Morgan fingerprint density at radius 1 is 0.877 bits per heavy atom. The van der Waals surface area contributed by atoms with Crippen LogP contribution in [0.1, 0.15) is 87.3 Å². The van der Waals surface area contributed by atoms with Crippen molar-refractivity contribution in [3.05, 3.63) is 97.1 Å². The highest BCUT2D eigenvalue weighted by atomic mass is 16.6. The summed E-state index contributed by atoms with van der Waals surface area (Å²) in [5, 5.41) is 26.2. The molecule has 2 aromatic carbocycles. The molecule has 0 bridgehead atoms. The zero-order chi connectivity index (χ0) is 58.5. The first-order chi connectivity index (χ1) is 39.0. The normalized spacial score (nSPS) is 15.3. The molecule has 0 saturated carbocycles. The van der Waals surface area contributed by atoms with Gasteiger partial charge in [-0.05, 0) is 79.1 Å². The Morgan fingerprint density at radius 3 is 2.14 bits per heavy atom. The van der Waals surface area contributed by atoms with E-state index in [2.05, 4.69) is 31.3 Å². The molecule has 0 radical (unpaired) electrons. The smallest absolute Gasteiger partial charge is 0.351 e. The molecule has 0 spiro atoms. The van der Waals surface area contributed by atoms with Crippen molar-refractivity contribution < 1.29 is 71.8 Å². The number of esters is 2. The summed E-state index contributed by atoms with van der Waals surface area (Å²) in [5.41, 5.74) is 15.6. The van der Waals surface area contributed by atoms with Crippen molar-refractivity contribution in [1.29, 1.82) is 0 Å². The molecule has 7 N–H and O–H groups in total. The number of nitrogens with two attached hydrogens (primary N) is 1. The maximum absolute atomic E-state index is 13.9. The van der Waals surface area contributed by atoms with Gasteiger partial charge in [-0.25, -0.2) is 19.4 Å². The Labute approximate surface area is 467 Å². The Bertz CT molecular complexity index is 2970. The minimum atomic E-state index is -1.97. The van der Waals surface area contributed by atoms with Gasteiger partial charge < -0.3 is 74.6 Å². The van der Waals surface area contributed by atoms with Gasteiger partial charge in [0.2, 0.25) is 23.8 Å². The van der Waals surface area contributed by atoms with E-state index in [1.165, 1.54) is 7.11 Å². The van der Waals surface area contributed by atoms with Crippen molar-refractivity contribution in [2.24, 2.45) is 16.8 Å². The van der Waals surface area contributed by atoms with Gasteiger partial charge in [0.25, 0.3) is 5.56 Å². The van der Waals surface area contributed by atoms with Gasteiger partial charge in [0, 0.05) is 52.2 Å². The van der Waals surface area contributed by atoms with Crippen LogP contribution in [0.15, 0.2) is 58.4 Å². The van der Waals surface area contributed by atoms with E-state index < -0.39 is 59.5 Å². The second-order valence-corrected chi connectivity index (χ2v) is 19.2. The van der Waals surface area contributed by atoms with E-state index in [9.17, 15) is 38.7 Å². The summed E-state index contributed by atoms with van der Waals surface area (Å²) in [6.07, 6.45) is -0.407. The number of amides is 5. The molecule has 6 rings (SSSR count). The summed E-state index contributed by atoms with van der Waals surface area (Å²) >= 11 is 0. The molecular weight excluding hydrogens is 1060 g/mol. The third-order valence-corrected chi connectivity index (χ3v) is 13.5. The first-order valence-electron chi connectivity index (χ1n) is 26.9. The molecule has 1 unspecified atom stereocenters. The molecule has 0 aliphatic carbocycles. The first-order valence-corrected chi connectivity index (χ1v) is 26.9. The third-order valence-electron chi connectivity index (χ3n) is 13.5. The number of aromatic nitrogens is 2. The van der Waals surface area contributed by atoms with Crippen LogP contribution in [0.25, 0.3) is 32.7 Å². The predicted octanol–water partition coefficient (Wildman–Crippen LogP) is 3.73. The van der Waals surface area contributed by atoms with Crippen LogP contribution in [0.4, 0.5) is 10.5 Å². The van der Waals surface area contributed by atoms with Crippen LogP contribution in [0.2, 0.25) is 0 Å². The average molecular weight is 1130 g/mol. The average Bonchev–Trinajstić information content (AvgIpc) is 3.89. The number of anilines is 1. The second-order valence-electron chi connectivity index (χ2n) is 19.2. The molecule has 5 amide bonds. The van der Waals surface area contributed by atoms with Crippen LogP contribution in [0.3, 0.4) is 0 Å². The minimum absolute atomic E-state index is 0.0150. The standard InChI is InChI=1S/C55H72N10O16/c1-6-37-38-29-36(14-15-42(38)61-47-39(37)31-65-44(47)30-41-40(51(65)69)32-80-53(71)55(41,73)7-2)81-48(52(70)74-5)34-10-12-35(13-11-34)60-49(67)43(9-8-17-58-54(56)72)62-50(68)46(33(3)4)63-45(66)16-19-75-21-23-77-25-27-79-28-26-78-24-22-76-20-18-59-64-57/h10-15,29-30,33,43,46,48,73H,6-9,16-28,31-32H2,1-5H3,(H,60,67)(H,62,68)(H,63,66)(H3,56,58,72)/t43-,46-,48?,55-/m0/s1. The highest BCUT2D eigenvalue weighted by Crippen LogP contribution is 2.41. The fourth-order valence-electron chi connectivity index (χ4n) is 9.21. The molecule has 438 valence electrons. The number of hydrogen-bond donors (Lipinski definition) is 6. The lowest BCUT2D eigenvalue weighted by Crippen LogP contribution is -2.54. The summed E-state index contributed by atoms with van der Waals surface area (Å²) in [7, 11) is 1.23. The fourth-order valence-corrected chi connectivity index (χ4v) is 9.21. The number of nitrogens with one attached hydrogen (secondary N) is 4. The van der Waals surface area contributed by atoms with Crippen LogP contribution in [0, 0.1) is 5.92 Å². The summed E-state index contributed by atoms with van der Waals surface area (Å²) in [5.74, 6) is -3.23. The Balaban J connectivity index is 1.03. The van der Waals surface area contributed by atoms with Gasteiger partial charge in [-0.3, -0.25) is 19.2 Å². The number of primary amides is 1. The molecule has 26 heteroatoms. The summed E-state index contributed by atoms with van der Waals surface area (Å²) < 4.78 is 45.4. The molecule has 26 nitrogen and oxygen atoms in total. The van der Waals surface area contributed by atoms with Crippen molar-refractivity contribution >= 4 is 52.3 Å². The SMILES string of the molecule is CCc1c2c(nc3ccc(OC(C(=O)OC)c4ccc(NC(=O)[C@H](CCCNC(N)=O)NC(=O)[C@@H](NC(=O)CCOCCOCCOCCOCCOCCN=[N+]=[N-])C(C)C)cc4)cc13)-c1cc3c(c(=O)n1C2)COC(=O)[C@]3(O)CC. The number of carbonyl (C=O) groups is 6. The summed E-state index contributed by atoms with van der Waals surface area (Å²) in [6, 6.07) is 10.2. The number of fused-ring (bicyclic) bond motifs is 5. The zero-order valence-electron chi connectivity index (χ0n) is 46.2. The lowest BCUT2D eigenvalue weighted by Gasteiger charge is -2.31. The number of methoxy groups -OCH3 is 1. The van der Waals surface area contributed by atoms with Crippen molar-refractivity contribution in [2.45, 2.75) is 96.7 Å². The number of benzene rings is 2. The fraction of sp³-hybridized carbons (Fsp3) is 0.527. The van der Waals surface area contributed by atoms with Crippen molar-refractivity contribution in [3.8, 4) is 17.1 Å². The Kier molecular flexibility index (Phi) is 23.7. The molecule has 4 atom stereocenters. The number of aryl methyl sites for hydroxylation is 1. The lowest BCUT2D eigenvalue weighted by atomic mass is 9.86. The van der Waals surface area contributed by atoms with Gasteiger partial charge >= 0.3 is 18.0 Å². The van der Waals surface area contributed by atoms with Crippen LogP contribution in [-0.4, -0.2) is 149 Å². The Hall–Kier alpha value is -7.71. The summed E-state index contributed by atoms with van der Waals surface area (Å²) in [6.45, 7) is 10.6. The minimum Gasteiger partial charge on any atom is -0.474 e. The van der Waals surface area contributed by atoms with Crippen molar-refractivity contribution in [3.63, 3.8) is 0 Å². The van der Waals surface area contributed by atoms with Crippen molar-refractivity contribution in [1.82, 2.24) is 25.5 Å². The van der Waals surface area contributed by atoms with Crippen LogP contribution in [0.5, 0.6) is 5.75 Å². The Morgan fingerprint density at radius 2 is 1.53 bits per heavy atom. The molecule has 4 heterocycles. The van der Waals surface area contributed by atoms with Gasteiger partial charge in [-0.2, -0.15) is 0 Å². The number of rotatable bonds is 34. The van der Waals surface area contributed by atoms with E-state index in [0.29, 0.717) is 86.6 Å². The van der Waals surface area contributed by atoms with Gasteiger partial charge in [0.15, 0.2) is 5.60 Å². The molecule has 0 saturated heterocycles. The number of urea groups is 1. The van der Waals surface area contributed by atoms with Gasteiger partial charge in [-0.15, -0.1) is 0 Å². The third kappa shape index (κ3) is 16.7. The van der Waals surface area contributed by atoms with Gasteiger partial charge in [-0.1, -0.05) is 44.9 Å².